The molecule has 0 bridgehead atoms. The molecule has 0 spiro atoms. The lowest BCUT2D eigenvalue weighted by molar-refractivity contribution is 0.102. The fourth-order valence-electron chi connectivity index (χ4n) is 2.53. The summed E-state index contributed by atoms with van der Waals surface area (Å²) in [4.78, 5) is 20.9. The number of hydrogen-bond acceptors (Lipinski definition) is 5. The van der Waals surface area contributed by atoms with E-state index < -0.39 is 0 Å². The average Bonchev–Trinajstić information content (AvgIpc) is 2.55. The standard InChI is InChI=1S/C17H17ClN4OS/c1-17(7-8-24-16(19)22-17)11-3-2-4-13(9-11)21-15(23)14-6-5-12(18)10-20-14/h2-6,9-10H,7-8H2,1H3,(H2,19,22)(H,21,23). The SMILES string of the molecule is CC1(c2cccc(NC(=O)c3ccc(Cl)cn3)c2)CCSC(N)=N1. The van der Waals surface area contributed by atoms with Gasteiger partial charge in [0.1, 0.15) is 5.69 Å². The van der Waals surface area contributed by atoms with Crippen molar-refractivity contribution in [3.05, 3.63) is 58.9 Å². The van der Waals surface area contributed by atoms with Crippen LogP contribution in [0.4, 0.5) is 5.69 Å². The number of pyridine rings is 1. The maximum atomic E-state index is 12.3. The second-order valence-corrected chi connectivity index (χ2v) is 7.27. The van der Waals surface area contributed by atoms with E-state index in [1.165, 1.54) is 6.20 Å². The van der Waals surface area contributed by atoms with E-state index in [1.807, 2.05) is 24.3 Å². The third kappa shape index (κ3) is 3.71. The zero-order chi connectivity index (χ0) is 17.2. The number of rotatable bonds is 3. The van der Waals surface area contributed by atoms with Crippen molar-refractivity contribution >= 4 is 40.1 Å². The van der Waals surface area contributed by atoms with E-state index in [0.717, 1.165) is 17.7 Å². The number of nitrogens with one attached hydrogen (secondary N) is 1. The number of carbonyl (C=O) groups excluding carboxylic acids is 1. The minimum absolute atomic E-state index is 0.281. The van der Waals surface area contributed by atoms with Crippen LogP contribution in [-0.2, 0) is 5.54 Å². The smallest absolute Gasteiger partial charge is 0.274 e. The average molecular weight is 361 g/mol. The van der Waals surface area contributed by atoms with Crippen molar-refractivity contribution in [2.75, 3.05) is 11.1 Å². The first-order valence-electron chi connectivity index (χ1n) is 7.48. The molecule has 0 saturated heterocycles. The van der Waals surface area contributed by atoms with E-state index in [0.29, 0.717) is 21.6 Å². The van der Waals surface area contributed by atoms with Crippen LogP contribution in [0.2, 0.25) is 5.02 Å². The van der Waals surface area contributed by atoms with Gasteiger partial charge in [-0.2, -0.15) is 0 Å². The first-order chi connectivity index (χ1) is 11.5. The predicted octanol–water partition coefficient (Wildman–Crippen LogP) is 3.65. The van der Waals surface area contributed by atoms with E-state index in [1.54, 1.807) is 23.9 Å². The van der Waals surface area contributed by atoms with Crippen LogP contribution in [0.25, 0.3) is 0 Å². The Labute approximate surface area is 149 Å². The van der Waals surface area contributed by atoms with Crippen LogP contribution in [0, 0.1) is 0 Å². The Balaban J connectivity index is 1.82. The van der Waals surface area contributed by atoms with Crippen molar-refractivity contribution in [2.45, 2.75) is 18.9 Å². The summed E-state index contributed by atoms with van der Waals surface area (Å²) in [6, 6.07) is 10.9. The van der Waals surface area contributed by atoms with Crippen LogP contribution in [0.15, 0.2) is 47.6 Å². The molecule has 1 aliphatic heterocycles. The Bertz CT molecular complexity index is 793. The normalized spacial score (nSPS) is 20.3. The molecule has 5 nitrogen and oxygen atoms in total. The zero-order valence-corrected chi connectivity index (χ0v) is 14.7. The van der Waals surface area contributed by atoms with Crippen molar-refractivity contribution in [1.82, 2.24) is 4.98 Å². The lowest BCUT2D eigenvalue weighted by Crippen LogP contribution is -2.28. The lowest BCUT2D eigenvalue weighted by atomic mass is 9.89. The highest BCUT2D eigenvalue weighted by atomic mass is 35.5. The fraction of sp³-hybridized carbons (Fsp3) is 0.235. The van der Waals surface area contributed by atoms with E-state index in [-0.39, 0.29) is 11.4 Å². The van der Waals surface area contributed by atoms with Gasteiger partial charge in [-0.15, -0.1) is 0 Å². The van der Waals surface area contributed by atoms with E-state index in [4.69, 9.17) is 17.3 Å². The largest absolute Gasteiger partial charge is 0.379 e. The summed E-state index contributed by atoms with van der Waals surface area (Å²) in [5.41, 5.74) is 7.54. The molecule has 1 amide bonds. The molecule has 1 aliphatic rings. The number of nitrogens with zero attached hydrogens (tertiary/aromatic N) is 2. The third-order valence-corrected chi connectivity index (χ3v) is 4.92. The van der Waals surface area contributed by atoms with Crippen LogP contribution in [-0.4, -0.2) is 21.8 Å². The molecular formula is C17H17ClN4OS. The van der Waals surface area contributed by atoms with E-state index in [9.17, 15) is 4.79 Å². The molecule has 24 heavy (non-hydrogen) atoms. The number of benzene rings is 1. The molecule has 0 aliphatic carbocycles. The summed E-state index contributed by atoms with van der Waals surface area (Å²) in [6.45, 7) is 2.06. The topological polar surface area (TPSA) is 80.4 Å². The molecule has 0 radical (unpaired) electrons. The van der Waals surface area contributed by atoms with Gasteiger partial charge in [0.2, 0.25) is 0 Å². The van der Waals surface area contributed by atoms with Crippen LogP contribution in [0.1, 0.15) is 29.4 Å². The summed E-state index contributed by atoms with van der Waals surface area (Å²) >= 11 is 7.36. The highest BCUT2D eigenvalue weighted by Crippen LogP contribution is 2.35. The number of aliphatic imine (C=N–C) groups is 1. The molecule has 1 aromatic heterocycles. The van der Waals surface area contributed by atoms with Gasteiger partial charge in [0.25, 0.3) is 5.91 Å². The van der Waals surface area contributed by atoms with Gasteiger partial charge in [-0.3, -0.25) is 9.79 Å². The van der Waals surface area contributed by atoms with Crippen molar-refractivity contribution in [1.29, 1.82) is 0 Å². The van der Waals surface area contributed by atoms with Gasteiger partial charge in [0.05, 0.1) is 10.6 Å². The molecule has 2 aromatic rings. The number of hydrogen-bond donors (Lipinski definition) is 2. The highest BCUT2D eigenvalue weighted by Gasteiger charge is 2.29. The molecule has 7 heteroatoms. The molecule has 3 N–H and O–H groups in total. The van der Waals surface area contributed by atoms with Gasteiger partial charge in [0, 0.05) is 17.6 Å². The van der Waals surface area contributed by atoms with Crippen molar-refractivity contribution < 1.29 is 4.79 Å². The molecule has 0 fully saturated rings. The first-order valence-corrected chi connectivity index (χ1v) is 8.84. The number of halogens is 1. The molecule has 1 atom stereocenters. The summed E-state index contributed by atoms with van der Waals surface area (Å²) in [6.07, 6.45) is 2.35. The predicted molar refractivity (Wildman–Crippen MR) is 99.7 cm³/mol. The van der Waals surface area contributed by atoms with Gasteiger partial charge in [-0.25, -0.2) is 4.98 Å². The second kappa shape index (κ2) is 6.83. The molecule has 124 valence electrons. The first kappa shape index (κ1) is 16.8. The van der Waals surface area contributed by atoms with E-state index in [2.05, 4.69) is 22.2 Å². The Morgan fingerprint density at radius 2 is 2.21 bits per heavy atom. The van der Waals surface area contributed by atoms with Crippen molar-refractivity contribution in [3.63, 3.8) is 0 Å². The minimum Gasteiger partial charge on any atom is -0.379 e. The van der Waals surface area contributed by atoms with Crippen LogP contribution >= 0.6 is 23.4 Å². The number of nitrogens with two attached hydrogens (primary N) is 1. The Morgan fingerprint density at radius 1 is 1.38 bits per heavy atom. The minimum atomic E-state index is -0.366. The van der Waals surface area contributed by atoms with Crippen LogP contribution in [0.3, 0.4) is 0 Å². The number of amidine groups is 1. The van der Waals surface area contributed by atoms with Crippen molar-refractivity contribution in [3.8, 4) is 0 Å². The zero-order valence-electron chi connectivity index (χ0n) is 13.1. The number of thioether (sulfide) groups is 1. The fourth-order valence-corrected chi connectivity index (χ4v) is 3.62. The number of aromatic nitrogens is 1. The molecule has 2 heterocycles. The second-order valence-electron chi connectivity index (χ2n) is 5.72. The Kier molecular flexibility index (Phi) is 4.78. The van der Waals surface area contributed by atoms with Gasteiger partial charge < -0.3 is 11.1 Å². The molecule has 1 unspecified atom stereocenters. The summed E-state index contributed by atoms with van der Waals surface area (Å²) in [5, 5.41) is 3.95. The van der Waals surface area contributed by atoms with Gasteiger partial charge in [-0.05, 0) is 43.2 Å². The number of anilines is 1. The van der Waals surface area contributed by atoms with E-state index >= 15 is 0 Å². The number of carbonyl (C=O) groups is 1. The molecule has 0 saturated carbocycles. The quantitative estimate of drug-likeness (QED) is 0.875. The summed E-state index contributed by atoms with van der Waals surface area (Å²) in [5.74, 6) is 0.646. The van der Waals surface area contributed by atoms with Crippen LogP contribution < -0.4 is 11.1 Å². The maximum absolute atomic E-state index is 12.3. The summed E-state index contributed by atoms with van der Waals surface area (Å²) in [7, 11) is 0. The lowest BCUT2D eigenvalue weighted by Gasteiger charge is -2.30. The van der Waals surface area contributed by atoms with Crippen LogP contribution in [0.5, 0.6) is 0 Å². The van der Waals surface area contributed by atoms with Crippen molar-refractivity contribution in [2.24, 2.45) is 10.7 Å². The number of amides is 1. The molecule has 1 aromatic carbocycles. The Morgan fingerprint density at radius 3 is 2.92 bits per heavy atom. The third-order valence-electron chi connectivity index (χ3n) is 3.90. The Hall–Kier alpha value is -2.05. The van der Waals surface area contributed by atoms with Gasteiger partial charge >= 0.3 is 0 Å². The molecule has 3 rings (SSSR count). The maximum Gasteiger partial charge on any atom is 0.274 e. The summed E-state index contributed by atoms with van der Waals surface area (Å²) < 4.78 is 0. The van der Waals surface area contributed by atoms with Gasteiger partial charge in [0.15, 0.2) is 5.17 Å². The van der Waals surface area contributed by atoms with Gasteiger partial charge in [-0.1, -0.05) is 35.5 Å². The monoisotopic (exact) mass is 360 g/mol. The highest BCUT2D eigenvalue weighted by molar-refractivity contribution is 8.13. The molecular weight excluding hydrogens is 344 g/mol.